The van der Waals surface area contributed by atoms with Crippen LogP contribution in [0.15, 0.2) is 30.3 Å². The van der Waals surface area contributed by atoms with Gasteiger partial charge in [-0.15, -0.1) is 0 Å². The SMILES string of the molecule is CCCCCCCCCCCCCCCC(=O)OC[C@H](COP(=O)(Oc1ccccc1)OC1CCC(O)CC1)OC(=O)CCCCCCCCCCCCCCC. The van der Waals surface area contributed by atoms with E-state index in [9.17, 15) is 19.3 Å². The van der Waals surface area contributed by atoms with Crippen molar-refractivity contribution in [1.29, 1.82) is 0 Å². The minimum Gasteiger partial charge on any atom is -0.462 e. The summed E-state index contributed by atoms with van der Waals surface area (Å²) in [6.07, 6.45) is 32.6. The van der Waals surface area contributed by atoms with Crippen LogP contribution in [0.3, 0.4) is 0 Å². The zero-order valence-electron chi connectivity index (χ0n) is 36.3. The van der Waals surface area contributed by atoms with Gasteiger partial charge >= 0.3 is 19.8 Å². The first kappa shape index (κ1) is 51.2. The molecule has 1 aromatic rings. The Morgan fingerprint density at radius 3 is 1.47 bits per heavy atom. The lowest BCUT2D eigenvalue weighted by atomic mass is 9.95. The van der Waals surface area contributed by atoms with Crippen LogP contribution in [-0.4, -0.2) is 48.6 Å². The molecule has 2 atom stereocenters. The quantitative estimate of drug-likeness (QED) is 0.0395. The maximum Gasteiger partial charge on any atom is 0.530 e. The summed E-state index contributed by atoms with van der Waals surface area (Å²) in [7, 11) is -4.18. The molecule has 0 saturated heterocycles. The molecule has 1 N–H and O–H groups in total. The van der Waals surface area contributed by atoms with Gasteiger partial charge in [-0.3, -0.25) is 18.6 Å². The van der Waals surface area contributed by atoms with Gasteiger partial charge in [0.15, 0.2) is 6.10 Å². The molecule has 0 aliphatic heterocycles. The van der Waals surface area contributed by atoms with Crippen molar-refractivity contribution >= 4 is 19.8 Å². The summed E-state index contributed by atoms with van der Waals surface area (Å²) in [6, 6.07) is 8.66. The number of unbranched alkanes of at least 4 members (excludes halogenated alkanes) is 24. The fraction of sp³-hybridized carbons (Fsp3) is 0.830. The highest BCUT2D eigenvalue weighted by molar-refractivity contribution is 7.49. The molecule has 9 nitrogen and oxygen atoms in total. The summed E-state index contributed by atoms with van der Waals surface area (Å²) in [4.78, 5) is 25.7. The monoisotopic (exact) mass is 823 g/mol. The van der Waals surface area contributed by atoms with Crippen LogP contribution in [0.5, 0.6) is 5.75 Å². The molecular weight excluding hydrogens is 739 g/mol. The van der Waals surface area contributed by atoms with Crippen LogP contribution < -0.4 is 4.52 Å². The number of hydrogen-bond donors (Lipinski definition) is 1. The summed E-state index contributed by atoms with van der Waals surface area (Å²) < 4.78 is 43.0. The van der Waals surface area contributed by atoms with Crippen molar-refractivity contribution in [1.82, 2.24) is 0 Å². The molecule has 0 amide bonds. The molecule has 0 bridgehead atoms. The van der Waals surface area contributed by atoms with Gasteiger partial charge < -0.3 is 19.1 Å². The second kappa shape index (κ2) is 34.9. The zero-order chi connectivity index (χ0) is 41.1. The van der Waals surface area contributed by atoms with E-state index in [0.29, 0.717) is 37.9 Å². The predicted octanol–water partition coefficient (Wildman–Crippen LogP) is 13.9. The first-order valence-corrected chi connectivity index (χ1v) is 25.0. The van der Waals surface area contributed by atoms with E-state index >= 15 is 0 Å². The maximum absolute atomic E-state index is 14.0. The number of ether oxygens (including phenoxy) is 2. The number of para-hydroxylation sites is 1. The van der Waals surface area contributed by atoms with Gasteiger partial charge in [0.25, 0.3) is 0 Å². The van der Waals surface area contributed by atoms with Gasteiger partial charge in [0.05, 0.1) is 12.2 Å². The summed E-state index contributed by atoms with van der Waals surface area (Å²) >= 11 is 0. The Hall–Kier alpha value is -1.93. The van der Waals surface area contributed by atoms with Gasteiger partial charge in [-0.2, -0.15) is 0 Å². The third kappa shape index (κ3) is 29.0. The molecule has 1 fully saturated rings. The van der Waals surface area contributed by atoms with Crippen LogP contribution in [0.1, 0.15) is 219 Å². The number of esters is 2. The van der Waals surface area contributed by atoms with Crippen molar-refractivity contribution in [2.24, 2.45) is 0 Å². The van der Waals surface area contributed by atoms with Gasteiger partial charge in [-0.1, -0.05) is 186 Å². The third-order valence-corrected chi connectivity index (χ3v) is 12.5. The first-order valence-electron chi connectivity index (χ1n) is 23.5. The zero-order valence-corrected chi connectivity index (χ0v) is 37.2. The maximum atomic E-state index is 14.0. The highest BCUT2D eigenvalue weighted by atomic mass is 31.2. The van der Waals surface area contributed by atoms with E-state index < -0.39 is 32.1 Å². The van der Waals surface area contributed by atoms with Crippen LogP contribution in [0.2, 0.25) is 0 Å². The number of aliphatic hydroxyl groups is 1. The van der Waals surface area contributed by atoms with E-state index in [-0.39, 0.29) is 25.6 Å². The van der Waals surface area contributed by atoms with Gasteiger partial charge in [-0.05, 0) is 50.7 Å². The molecule has 0 aromatic heterocycles. The minimum absolute atomic E-state index is 0.206. The molecule has 1 unspecified atom stereocenters. The number of carbonyl (C=O) groups is 2. The van der Waals surface area contributed by atoms with E-state index in [1.165, 1.54) is 128 Å². The van der Waals surface area contributed by atoms with Gasteiger partial charge in [-0.25, -0.2) is 4.57 Å². The minimum atomic E-state index is -4.18. The highest BCUT2D eigenvalue weighted by Gasteiger charge is 2.36. The van der Waals surface area contributed by atoms with Crippen molar-refractivity contribution in [3.05, 3.63) is 30.3 Å². The molecular formula is C47H83O9P. The molecule has 0 spiro atoms. The van der Waals surface area contributed by atoms with Crippen molar-refractivity contribution < 1.29 is 42.3 Å². The van der Waals surface area contributed by atoms with Crippen LogP contribution >= 0.6 is 7.82 Å². The lowest BCUT2D eigenvalue weighted by Gasteiger charge is -2.29. The van der Waals surface area contributed by atoms with Gasteiger partial charge in [0, 0.05) is 12.8 Å². The molecule has 1 aromatic carbocycles. The number of rotatable bonds is 38. The Balaban J connectivity index is 1.80. The molecule has 0 heterocycles. The van der Waals surface area contributed by atoms with Crippen LogP contribution in [-0.2, 0) is 32.7 Å². The normalized spacial score (nSPS) is 17.2. The van der Waals surface area contributed by atoms with Crippen molar-refractivity contribution in [3.8, 4) is 5.75 Å². The average Bonchev–Trinajstić information content (AvgIpc) is 3.20. The smallest absolute Gasteiger partial charge is 0.462 e. The lowest BCUT2D eigenvalue weighted by Crippen LogP contribution is -2.30. The average molecular weight is 823 g/mol. The molecule has 0 radical (unpaired) electrons. The van der Waals surface area contributed by atoms with Gasteiger partial charge in [0.1, 0.15) is 19.0 Å². The number of phosphoric acid groups is 1. The van der Waals surface area contributed by atoms with Crippen LogP contribution in [0.4, 0.5) is 0 Å². The number of carbonyl (C=O) groups excluding carboxylic acids is 2. The molecule has 330 valence electrons. The van der Waals surface area contributed by atoms with Crippen LogP contribution in [0, 0.1) is 0 Å². The Labute approximate surface area is 348 Å². The summed E-state index contributed by atoms with van der Waals surface area (Å²) in [5, 5.41) is 9.97. The van der Waals surface area contributed by atoms with Crippen LogP contribution in [0.25, 0.3) is 0 Å². The number of aliphatic hydroxyl groups excluding tert-OH is 1. The topological polar surface area (TPSA) is 118 Å². The first-order chi connectivity index (χ1) is 27.8. The highest BCUT2D eigenvalue weighted by Crippen LogP contribution is 2.52. The van der Waals surface area contributed by atoms with Crippen molar-refractivity contribution in [3.63, 3.8) is 0 Å². The Morgan fingerprint density at radius 2 is 1.02 bits per heavy atom. The van der Waals surface area contributed by atoms with E-state index in [4.69, 9.17) is 23.0 Å². The second-order valence-electron chi connectivity index (χ2n) is 16.5. The predicted molar refractivity (Wildman–Crippen MR) is 231 cm³/mol. The lowest BCUT2D eigenvalue weighted by molar-refractivity contribution is -0.161. The largest absolute Gasteiger partial charge is 0.530 e. The van der Waals surface area contributed by atoms with E-state index in [1.54, 1.807) is 24.3 Å². The number of benzene rings is 1. The molecule has 1 aliphatic rings. The molecule has 1 saturated carbocycles. The summed E-state index contributed by atoms with van der Waals surface area (Å²) in [5.74, 6) is -0.437. The molecule has 2 rings (SSSR count). The fourth-order valence-corrected chi connectivity index (χ4v) is 8.85. The molecule has 10 heteroatoms. The van der Waals surface area contributed by atoms with Crippen molar-refractivity contribution in [2.45, 2.75) is 238 Å². The Kier molecular flexibility index (Phi) is 31.3. The van der Waals surface area contributed by atoms with E-state index in [0.717, 1.165) is 38.5 Å². The molecule has 57 heavy (non-hydrogen) atoms. The summed E-state index contributed by atoms with van der Waals surface area (Å²) in [6.45, 7) is 3.98. The van der Waals surface area contributed by atoms with E-state index in [1.807, 2.05) is 6.07 Å². The third-order valence-electron chi connectivity index (χ3n) is 11.0. The standard InChI is InChI=1S/C47H83O9P/c1-3-5-7-9-11-13-15-17-19-21-23-25-30-34-46(49)52-40-45(54-47(50)35-31-26-24-22-20-18-16-14-12-10-8-6-4-2)41-53-57(51,55-43-32-28-27-29-33-43)56-44-38-36-42(48)37-39-44/h27-29,32-33,42,44-45,48H,3-26,30-31,34-41H2,1-2H3/t42?,44?,45-,57?/m1/s1. The van der Waals surface area contributed by atoms with Crippen molar-refractivity contribution in [2.75, 3.05) is 13.2 Å². The Bertz CT molecular complexity index is 1140. The Morgan fingerprint density at radius 1 is 0.596 bits per heavy atom. The number of phosphoric ester groups is 1. The second-order valence-corrected chi connectivity index (χ2v) is 18.0. The fourth-order valence-electron chi connectivity index (χ4n) is 7.39. The van der Waals surface area contributed by atoms with Gasteiger partial charge in [0.2, 0.25) is 0 Å². The summed E-state index contributed by atoms with van der Waals surface area (Å²) in [5.41, 5.74) is 0. The number of hydrogen-bond acceptors (Lipinski definition) is 9. The van der Waals surface area contributed by atoms with E-state index in [2.05, 4.69) is 13.8 Å². The molecule has 1 aliphatic carbocycles.